The number of nitrogens with zero attached hydrogens (tertiary/aromatic N) is 5. The van der Waals surface area contributed by atoms with Gasteiger partial charge in [0.15, 0.2) is 0 Å². The van der Waals surface area contributed by atoms with Crippen LogP contribution in [-0.2, 0) is 16.1 Å². The predicted octanol–water partition coefficient (Wildman–Crippen LogP) is 4.18. The largest absolute Gasteiger partial charge is 0.497 e. The van der Waals surface area contributed by atoms with Crippen molar-refractivity contribution >= 4 is 29.4 Å². The molecule has 3 saturated heterocycles. The second-order valence-electron chi connectivity index (χ2n) is 12.1. The third-order valence-corrected chi connectivity index (χ3v) is 8.00. The number of methoxy groups -OCH3 is 1. The minimum atomic E-state index is -0.493. The van der Waals surface area contributed by atoms with Crippen molar-refractivity contribution in [3.8, 4) is 5.75 Å². The highest BCUT2D eigenvalue weighted by Gasteiger charge is 2.38. The van der Waals surface area contributed by atoms with Crippen molar-refractivity contribution in [3.05, 3.63) is 54.1 Å². The summed E-state index contributed by atoms with van der Waals surface area (Å²) in [5, 5.41) is 0. The number of ether oxygens (including phenoxy) is 2. The molecule has 5 rings (SSSR count). The minimum absolute atomic E-state index is 0.102. The number of hydrogen-bond acceptors (Lipinski definition) is 7. The van der Waals surface area contributed by atoms with E-state index < -0.39 is 5.60 Å². The van der Waals surface area contributed by atoms with Gasteiger partial charge in [-0.25, -0.2) is 9.59 Å². The number of rotatable bonds is 6. The molecule has 0 aromatic heterocycles. The van der Waals surface area contributed by atoms with Gasteiger partial charge in [0.2, 0.25) is 5.91 Å². The molecule has 10 heteroatoms. The highest BCUT2D eigenvalue weighted by molar-refractivity contribution is 6.05. The van der Waals surface area contributed by atoms with E-state index in [1.54, 1.807) is 12.0 Å². The van der Waals surface area contributed by atoms with Crippen molar-refractivity contribution in [3.63, 3.8) is 0 Å². The fraction of sp³-hybridized carbons (Fsp3) is 0.516. The van der Waals surface area contributed by atoms with Crippen LogP contribution in [0.25, 0.3) is 0 Å². The van der Waals surface area contributed by atoms with E-state index in [1.807, 2.05) is 74.2 Å². The van der Waals surface area contributed by atoms with Gasteiger partial charge in [-0.05, 0) is 69.7 Å². The van der Waals surface area contributed by atoms with E-state index in [-0.39, 0.29) is 37.0 Å². The maximum atomic E-state index is 13.3. The summed E-state index contributed by atoms with van der Waals surface area (Å²) in [7, 11) is 1.60. The van der Waals surface area contributed by atoms with Gasteiger partial charge in [-0.3, -0.25) is 19.5 Å². The monoisotopic (exact) mass is 563 g/mol. The fourth-order valence-electron chi connectivity index (χ4n) is 5.65. The minimum Gasteiger partial charge on any atom is -0.497 e. The maximum absolute atomic E-state index is 13.3. The molecule has 41 heavy (non-hydrogen) atoms. The van der Waals surface area contributed by atoms with Crippen molar-refractivity contribution in [1.29, 1.82) is 0 Å². The number of carbonyl (C=O) groups excluding carboxylic acids is 3. The molecule has 2 aromatic rings. The molecular formula is C31H41N5O5. The first kappa shape index (κ1) is 28.7. The lowest BCUT2D eigenvalue weighted by Gasteiger charge is -2.50. The lowest BCUT2D eigenvalue weighted by Crippen LogP contribution is -2.65. The van der Waals surface area contributed by atoms with Crippen LogP contribution in [0.4, 0.5) is 21.0 Å². The average Bonchev–Trinajstić information content (AvgIpc) is 2.90. The molecule has 0 N–H and O–H groups in total. The molecule has 4 amide bonds. The Bertz CT molecular complexity index is 1250. The van der Waals surface area contributed by atoms with Crippen LogP contribution in [0.1, 0.15) is 39.7 Å². The SMILES string of the molecule is COc1ccc(CN2C(=O)CCN(c3ccc(N4CC(N5CCN(C(=O)OC(C)(C)C)C(C)C5)C4)cc3)C2=O)cc1. The summed E-state index contributed by atoms with van der Waals surface area (Å²) < 4.78 is 10.8. The number of carbonyl (C=O) groups is 3. The van der Waals surface area contributed by atoms with Crippen LogP contribution < -0.4 is 14.5 Å². The zero-order valence-electron chi connectivity index (χ0n) is 24.7. The molecule has 3 aliphatic rings. The van der Waals surface area contributed by atoms with Gasteiger partial charge in [-0.2, -0.15) is 0 Å². The molecule has 1 unspecified atom stereocenters. The first-order chi connectivity index (χ1) is 19.5. The number of anilines is 2. The van der Waals surface area contributed by atoms with Gasteiger partial charge < -0.3 is 19.3 Å². The lowest BCUT2D eigenvalue weighted by atomic mass is 10.0. The van der Waals surface area contributed by atoms with Gasteiger partial charge >= 0.3 is 12.1 Å². The molecule has 220 valence electrons. The summed E-state index contributed by atoms with van der Waals surface area (Å²) in [5.74, 6) is 0.571. The normalized spacial score (nSPS) is 20.8. The molecule has 3 aliphatic heterocycles. The van der Waals surface area contributed by atoms with Gasteiger partial charge in [0.25, 0.3) is 0 Å². The van der Waals surface area contributed by atoms with Crippen molar-refractivity contribution < 1.29 is 23.9 Å². The van der Waals surface area contributed by atoms with Gasteiger partial charge in [-0.1, -0.05) is 12.1 Å². The van der Waals surface area contributed by atoms with Crippen LogP contribution in [0.2, 0.25) is 0 Å². The number of benzene rings is 2. The number of piperazine rings is 1. The van der Waals surface area contributed by atoms with Crippen LogP contribution in [0, 0.1) is 0 Å². The van der Waals surface area contributed by atoms with Crippen molar-refractivity contribution in [1.82, 2.24) is 14.7 Å². The molecule has 0 radical (unpaired) electrons. The van der Waals surface area contributed by atoms with E-state index in [2.05, 4.69) is 16.7 Å². The fourth-order valence-corrected chi connectivity index (χ4v) is 5.65. The zero-order chi connectivity index (χ0) is 29.3. The van der Waals surface area contributed by atoms with Crippen LogP contribution in [-0.4, -0.2) is 96.8 Å². The van der Waals surface area contributed by atoms with E-state index in [0.29, 0.717) is 19.1 Å². The molecule has 0 saturated carbocycles. The summed E-state index contributed by atoms with van der Waals surface area (Å²) in [6, 6.07) is 15.7. The summed E-state index contributed by atoms with van der Waals surface area (Å²) in [5.41, 5.74) is 2.28. The smallest absolute Gasteiger partial charge is 0.410 e. The highest BCUT2D eigenvalue weighted by atomic mass is 16.6. The topological polar surface area (TPSA) is 85.9 Å². The molecule has 0 spiro atoms. The second kappa shape index (κ2) is 11.6. The summed E-state index contributed by atoms with van der Waals surface area (Å²) in [6.07, 6.45) is 0.0530. The van der Waals surface area contributed by atoms with E-state index >= 15 is 0 Å². The first-order valence-corrected chi connectivity index (χ1v) is 14.4. The Morgan fingerprint density at radius 1 is 0.902 bits per heavy atom. The first-order valence-electron chi connectivity index (χ1n) is 14.4. The maximum Gasteiger partial charge on any atom is 0.410 e. The number of imide groups is 1. The molecule has 3 heterocycles. The Morgan fingerprint density at radius 2 is 1.56 bits per heavy atom. The standard InChI is InChI=1S/C31H41N5O5/c1-22-18-32(16-17-34(22)30(39)41-31(2,3)4)26-20-33(21-26)24-8-10-25(11-9-24)35-15-14-28(37)36(29(35)38)19-23-6-12-27(40-5)13-7-23/h6-13,22,26H,14-21H2,1-5H3. The summed E-state index contributed by atoms with van der Waals surface area (Å²) in [6.45, 7) is 12.6. The zero-order valence-corrected chi connectivity index (χ0v) is 24.7. The Morgan fingerprint density at radius 3 is 2.17 bits per heavy atom. The van der Waals surface area contributed by atoms with E-state index in [9.17, 15) is 14.4 Å². The van der Waals surface area contributed by atoms with Crippen LogP contribution in [0.15, 0.2) is 48.5 Å². The predicted molar refractivity (Wildman–Crippen MR) is 157 cm³/mol. The number of urea groups is 1. The molecule has 3 fully saturated rings. The van der Waals surface area contributed by atoms with E-state index in [1.165, 1.54) is 4.90 Å². The lowest BCUT2D eigenvalue weighted by molar-refractivity contribution is -0.129. The Labute approximate surface area is 242 Å². The Kier molecular flexibility index (Phi) is 8.13. The second-order valence-corrected chi connectivity index (χ2v) is 12.1. The highest BCUT2D eigenvalue weighted by Crippen LogP contribution is 2.29. The molecule has 10 nitrogen and oxygen atoms in total. The Balaban J connectivity index is 1.14. The van der Waals surface area contributed by atoms with E-state index in [0.717, 1.165) is 48.9 Å². The molecule has 0 bridgehead atoms. The van der Waals surface area contributed by atoms with Crippen LogP contribution in [0.3, 0.4) is 0 Å². The van der Waals surface area contributed by atoms with Gasteiger partial charge in [0.05, 0.1) is 13.7 Å². The van der Waals surface area contributed by atoms with Crippen molar-refractivity contribution in [2.75, 3.05) is 56.2 Å². The Hall–Kier alpha value is -3.79. The van der Waals surface area contributed by atoms with Crippen molar-refractivity contribution in [2.45, 2.75) is 58.3 Å². The summed E-state index contributed by atoms with van der Waals surface area (Å²) >= 11 is 0. The number of amides is 4. The van der Waals surface area contributed by atoms with Crippen LogP contribution >= 0.6 is 0 Å². The quantitative estimate of drug-likeness (QED) is 0.521. The van der Waals surface area contributed by atoms with Gasteiger partial charge in [0.1, 0.15) is 11.4 Å². The number of hydrogen-bond donors (Lipinski definition) is 0. The van der Waals surface area contributed by atoms with Crippen molar-refractivity contribution in [2.24, 2.45) is 0 Å². The molecular weight excluding hydrogens is 522 g/mol. The molecule has 2 aromatic carbocycles. The summed E-state index contributed by atoms with van der Waals surface area (Å²) in [4.78, 5) is 48.1. The van der Waals surface area contributed by atoms with E-state index in [4.69, 9.17) is 9.47 Å². The third kappa shape index (κ3) is 6.43. The van der Waals surface area contributed by atoms with Gasteiger partial charge in [-0.15, -0.1) is 0 Å². The average molecular weight is 564 g/mol. The molecule has 0 aliphatic carbocycles. The third-order valence-electron chi connectivity index (χ3n) is 8.00. The van der Waals surface area contributed by atoms with Crippen LogP contribution in [0.5, 0.6) is 5.75 Å². The molecule has 1 atom stereocenters. The van der Waals surface area contributed by atoms with Gasteiger partial charge in [0, 0.05) is 69.1 Å².